The van der Waals surface area contributed by atoms with E-state index in [1.807, 2.05) is 6.92 Å². The Morgan fingerprint density at radius 1 is 1.30 bits per heavy atom. The van der Waals surface area contributed by atoms with Gasteiger partial charge in [0.05, 0.1) is 18.4 Å². The summed E-state index contributed by atoms with van der Waals surface area (Å²) >= 11 is 0. The van der Waals surface area contributed by atoms with Gasteiger partial charge in [0.2, 0.25) is 5.91 Å². The minimum atomic E-state index is -4.45. The van der Waals surface area contributed by atoms with Crippen LogP contribution in [0.15, 0.2) is 28.8 Å². The summed E-state index contributed by atoms with van der Waals surface area (Å²) in [4.78, 5) is 11.4. The Labute approximate surface area is 153 Å². The fraction of sp³-hybridized carbons (Fsp3) is 0.333. The van der Waals surface area contributed by atoms with E-state index in [0.29, 0.717) is 22.8 Å². The number of carbonyl (C=O) groups excluding carboxylic acids is 1. The number of aromatic nitrogens is 1. The van der Waals surface area contributed by atoms with E-state index in [0.717, 1.165) is 17.3 Å². The fourth-order valence-electron chi connectivity index (χ4n) is 2.18. The number of halogens is 3. The Balaban J connectivity index is 2.03. The van der Waals surface area contributed by atoms with Crippen molar-refractivity contribution < 1.29 is 32.0 Å². The van der Waals surface area contributed by atoms with Gasteiger partial charge < -0.3 is 19.3 Å². The fourth-order valence-corrected chi connectivity index (χ4v) is 2.18. The van der Waals surface area contributed by atoms with Gasteiger partial charge in [-0.25, -0.2) is 0 Å². The second-order valence-electron chi connectivity index (χ2n) is 5.67. The molecule has 6 nitrogen and oxygen atoms in total. The maximum atomic E-state index is 12.1. The minimum absolute atomic E-state index is 0.243. The molecule has 9 heteroatoms. The van der Waals surface area contributed by atoms with Gasteiger partial charge in [-0.3, -0.25) is 4.79 Å². The normalized spacial score (nSPS) is 11.6. The van der Waals surface area contributed by atoms with E-state index in [1.54, 1.807) is 30.4 Å². The standard InChI is InChI=1S/C18H19F3N2O4/c1-11-14(12(2)27-23-11)9-26-15-6-4-13(8-16(15)25-3)5-7-17(24)22-10-18(19,20)21/h4-8H,9-10H2,1-3H3,(H,22,24)/b7-5+. The second-order valence-corrected chi connectivity index (χ2v) is 5.67. The van der Waals surface area contributed by atoms with E-state index in [-0.39, 0.29) is 6.61 Å². The lowest BCUT2D eigenvalue weighted by Gasteiger charge is -2.11. The van der Waals surface area contributed by atoms with Gasteiger partial charge in [-0.1, -0.05) is 11.2 Å². The Morgan fingerprint density at radius 2 is 2.04 bits per heavy atom. The molecule has 0 fully saturated rings. The molecule has 0 aliphatic carbocycles. The molecule has 1 N–H and O–H groups in total. The number of aryl methyl sites for hydroxylation is 2. The van der Waals surface area contributed by atoms with Crippen LogP contribution in [0.25, 0.3) is 6.08 Å². The first kappa shape index (κ1) is 20.3. The highest BCUT2D eigenvalue weighted by molar-refractivity contribution is 5.91. The maximum absolute atomic E-state index is 12.1. The molecule has 0 unspecified atom stereocenters. The summed E-state index contributed by atoms with van der Waals surface area (Å²) in [6.07, 6.45) is -2.05. The highest BCUT2D eigenvalue weighted by Gasteiger charge is 2.27. The van der Waals surface area contributed by atoms with Gasteiger partial charge in [0.15, 0.2) is 11.5 Å². The van der Waals surface area contributed by atoms with Crippen molar-refractivity contribution in [2.24, 2.45) is 0 Å². The number of rotatable bonds is 7. The molecule has 0 bridgehead atoms. The quantitative estimate of drug-likeness (QED) is 0.739. The summed E-state index contributed by atoms with van der Waals surface area (Å²) in [6.45, 7) is 2.46. The molecule has 0 saturated heterocycles. The predicted octanol–water partition coefficient (Wildman–Crippen LogP) is 3.57. The molecule has 1 aromatic heterocycles. The summed E-state index contributed by atoms with van der Waals surface area (Å²) in [6, 6.07) is 4.90. The molecule has 1 amide bonds. The van der Waals surface area contributed by atoms with Crippen molar-refractivity contribution in [2.45, 2.75) is 26.6 Å². The highest BCUT2D eigenvalue weighted by Crippen LogP contribution is 2.30. The Hall–Kier alpha value is -2.97. The SMILES string of the molecule is COc1cc(/C=C/C(=O)NCC(F)(F)F)ccc1OCc1c(C)noc1C. The topological polar surface area (TPSA) is 73.6 Å². The molecular formula is C18H19F3N2O4. The Bertz CT molecular complexity index is 809. The average molecular weight is 384 g/mol. The van der Waals surface area contributed by atoms with Crippen LogP contribution in [0.3, 0.4) is 0 Å². The molecule has 2 aromatic rings. The van der Waals surface area contributed by atoms with Gasteiger partial charge in [-0.05, 0) is 37.6 Å². The Kier molecular flexibility index (Phi) is 6.49. The molecule has 1 aromatic carbocycles. The van der Waals surface area contributed by atoms with Crippen molar-refractivity contribution in [3.63, 3.8) is 0 Å². The molecule has 0 saturated carbocycles. The lowest BCUT2D eigenvalue weighted by molar-refractivity contribution is -0.135. The van der Waals surface area contributed by atoms with Crippen molar-refractivity contribution in [2.75, 3.05) is 13.7 Å². The van der Waals surface area contributed by atoms with Crippen LogP contribution in [-0.4, -0.2) is 30.9 Å². The van der Waals surface area contributed by atoms with E-state index in [4.69, 9.17) is 14.0 Å². The van der Waals surface area contributed by atoms with Crippen LogP contribution in [-0.2, 0) is 11.4 Å². The number of benzene rings is 1. The van der Waals surface area contributed by atoms with Gasteiger partial charge in [0, 0.05) is 6.08 Å². The first-order chi connectivity index (χ1) is 12.7. The monoisotopic (exact) mass is 384 g/mol. The smallest absolute Gasteiger partial charge is 0.405 e. The van der Waals surface area contributed by atoms with Gasteiger partial charge in [-0.15, -0.1) is 0 Å². The number of nitrogens with one attached hydrogen (secondary N) is 1. The number of amides is 1. The zero-order valence-corrected chi connectivity index (χ0v) is 15.0. The van der Waals surface area contributed by atoms with Crippen LogP contribution in [0.5, 0.6) is 11.5 Å². The third-order valence-electron chi connectivity index (χ3n) is 3.63. The molecule has 0 spiro atoms. The number of methoxy groups -OCH3 is 1. The van der Waals surface area contributed by atoms with E-state index in [1.165, 1.54) is 13.2 Å². The van der Waals surface area contributed by atoms with E-state index >= 15 is 0 Å². The second kappa shape index (κ2) is 8.61. The van der Waals surface area contributed by atoms with Crippen molar-refractivity contribution >= 4 is 12.0 Å². The molecule has 0 aliphatic rings. The highest BCUT2D eigenvalue weighted by atomic mass is 19.4. The molecule has 27 heavy (non-hydrogen) atoms. The molecular weight excluding hydrogens is 365 g/mol. The molecule has 0 radical (unpaired) electrons. The number of alkyl halides is 3. The van der Waals surface area contributed by atoms with Crippen molar-refractivity contribution in [3.8, 4) is 11.5 Å². The molecule has 0 aliphatic heterocycles. The van der Waals surface area contributed by atoms with Gasteiger partial charge in [0.25, 0.3) is 0 Å². The molecule has 146 valence electrons. The summed E-state index contributed by atoms with van der Waals surface area (Å²) in [5, 5.41) is 5.61. The van der Waals surface area contributed by atoms with Crippen LogP contribution < -0.4 is 14.8 Å². The van der Waals surface area contributed by atoms with Gasteiger partial charge in [-0.2, -0.15) is 13.2 Å². The van der Waals surface area contributed by atoms with Gasteiger partial charge >= 0.3 is 6.18 Å². The van der Waals surface area contributed by atoms with E-state index in [2.05, 4.69) is 5.16 Å². The third-order valence-corrected chi connectivity index (χ3v) is 3.63. The Morgan fingerprint density at radius 3 is 2.63 bits per heavy atom. The van der Waals surface area contributed by atoms with Gasteiger partial charge in [0.1, 0.15) is 18.9 Å². The maximum Gasteiger partial charge on any atom is 0.405 e. The third kappa shape index (κ3) is 6.05. The summed E-state index contributed by atoms with van der Waals surface area (Å²) in [7, 11) is 1.46. The number of ether oxygens (including phenoxy) is 2. The number of hydrogen-bond donors (Lipinski definition) is 1. The predicted molar refractivity (Wildman–Crippen MR) is 91.4 cm³/mol. The summed E-state index contributed by atoms with van der Waals surface area (Å²) in [5.74, 6) is 0.705. The average Bonchev–Trinajstić information content (AvgIpc) is 2.94. The van der Waals surface area contributed by atoms with Crippen molar-refractivity contribution in [1.82, 2.24) is 10.5 Å². The van der Waals surface area contributed by atoms with Crippen LogP contribution >= 0.6 is 0 Å². The zero-order valence-electron chi connectivity index (χ0n) is 15.0. The van der Waals surface area contributed by atoms with Crippen molar-refractivity contribution in [3.05, 3.63) is 46.9 Å². The minimum Gasteiger partial charge on any atom is -0.493 e. The van der Waals surface area contributed by atoms with E-state index < -0.39 is 18.6 Å². The molecule has 0 atom stereocenters. The number of carbonyl (C=O) groups is 1. The lowest BCUT2D eigenvalue weighted by atomic mass is 10.2. The summed E-state index contributed by atoms with van der Waals surface area (Å²) < 4.78 is 52.3. The zero-order chi connectivity index (χ0) is 20.0. The van der Waals surface area contributed by atoms with Crippen LogP contribution in [0.1, 0.15) is 22.6 Å². The number of nitrogens with zero attached hydrogens (tertiary/aromatic N) is 1. The van der Waals surface area contributed by atoms with Crippen molar-refractivity contribution in [1.29, 1.82) is 0 Å². The van der Waals surface area contributed by atoms with E-state index in [9.17, 15) is 18.0 Å². The molecule has 1 heterocycles. The molecule has 2 rings (SSSR count). The first-order valence-electron chi connectivity index (χ1n) is 7.95. The van der Waals surface area contributed by atoms with Crippen LogP contribution in [0.4, 0.5) is 13.2 Å². The largest absolute Gasteiger partial charge is 0.493 e. The van der Waals surface area contributed by atoms with Crippen LogP contribution in [0.2, 0.25) is 0 Å². The van der Waals surface area contributed by atoms with Crippen LogP contribution in [0, 0.1) is 13.8 Å². The number of hydrogen-bond acceptors (Lipinski definition) is 5. The first-order valence-corrected chi connectivity index (χ1v) is 7.95. The lowest BCUT2D eigenvalue weighted by Crippen LogP contribution is -2.32. The summed E-state index contributed by atoms with van der Waals surface area (Å²) in [5.41, 5.74) is 2.14.